The van der Waals surface area contributed by atoms with Crippen LogP contribution in [0.5, 0.6) is 6.01 Å². The number of fused-ring (bicyclic) bond motifs is 1. The molecule has 0 bridgehead atoms. The van der Waals surface area contributed by atoms with E-state index in [4.69, 9.17) is 4.74 Å². The molecule has 1 atom stereocenters. The molecular formula is C13H13FN4O3. The summed E-state index contributed by atoms with van der Waals surface area (Å²) >= 11 is 0. The second-order valence-electron chi connectivity index (χ2n) is 4.81. The van der Waals surface area contributed by atoms with Gasteiger partial charge >= 0.3 is 0 Å². The van der Waals surface area contributed by atoms with E-state index in [1.807, 2.05) is 4.57 Å². The highest BCUT2D eigenvalue weighted by molar-refractivity contribution is 5.66. The zero-order valence-electron chi connectivity index (χ0n) is 11.2. The van der Waals surface area contributed by atoms with Gasteiger partial charge in [0.15, 0.2) is 0 Å². The van der Waals surface area contributed by atoms with Crippen LogP contribution in [0.25, 0.3) is 0 Å². The van der Waals surface area contributed by atoms with Gasteiger partial charge in [0.1, 0.15) is 17.6 Å². The van der Waals surface area contributed by atoms with Crippen molar-refractivity contribution in [2.24, 2.45) is 0 Å². The Balaban J connectivity index is 1.75. The van der Waals surface area contributed by atoms with Crippen LogP contribution in [0.4, 0.5) is 15.8 Å². The van der Waals surface area contributed by atoms with Crippen molar-refractivity contribution in [2.75, 3.05) is 11.9 Å². The van der Waals surface area contributed by atoms with Gasteiger partial charge in [0.2, 0.25) is 0 Å². The highest BCUT2D eigenvalue weighted by Gasteiger charge is 2.25. The lowest BCUT2D eigenvalue weighted by Crippen LogP contribution is -2.25. The number of halogens is 1. The highest BCUT2D eigenvalue weighted by Crippen LogP contribution is 2.30. The van der Waals surface area contributed by atoms with Crippen molar-refractivity contribution in [2.45, 2.75) is 19.6 Å². The molecule has 1 aromatic heterocycles. The van der Waals surface area contributed by atoms with Gasteiger partial charge in [0.25, 0.3) is 11.7 Å². The van der Waals surface area contributed by atoms with E-state index in [2.05, 4.69) is 10.3 Å². The Kier molecular flexibility index (Phi) is 3.20. The first-order chi connectivity index (χ1) is 10.1. The van der Waals surface area contributed by atoms with Gasteiger partial charge in [-0.25, -0.2) is 9.37 Å². The SMILES string of the molecule is Cc1c(F)ccc([N+](=O)[O-])c1NCC1Cn2ccnc2O1. The number of ether oxygens (including phenoxy) is 1. The number of nitro benzene ring substituents is 1. The van der Waals surface area contributed by atoms with E-state index in [9.17, 15) is 14.5 Å². The fourth-order valence-electron chi connectivity index (χ4n) is 2.33. The molecule has 0 aliphatic carbocycles. The number of rotatable bonds is 4. The zero-order valence-corrected chi connectivity index (χ0v) is 11.2. The summed E-state index contributed by atoms with van der Waals surface area (Å²) in [6.07, 6.45) is 3.24. The number of nitrogens with one attached hydrogen (secondary N) is 1. The van der Waals surface area contributed by atoms with Gasteiger partial charge in [-0.3, -0.25) is 14.7 Å². The molecule has 8 heteroatoms. The largest absolute Gasteiger partial charge is 0.458 e. The maximum atomic E-state index is 13.6. The van der Waals surface area contributed by atoms with Crippen LogP contribution in [0.15, 0.2) is 24.5 Å². The lowest BCUT2D eigenvalue weighted by Gasteiger charge is -2.14. The van der Waals surface area contributed by atoms with Crippen molar-refractivity contribution in [3.8, 4) is 6.01 Å². The second-order valence-corrected chi connectivity index (χ2v) is 4.81. The summed E-state index contributed by atoms with van der Waals surface area (Å²) in [5.74, 6) is -0.483. The highest BCUT2D eigenvalue weighted by atomic mass is 19.1. The van der Waals surface area contributed by atoms with Crippen LogP contribution in [0.2, 0.25) is 0 Å². The fraction of sp³-hybridized carbons (Fsp3) is 0.308. The maximum Gasteiger partial charge on any atom is 0.296 e. The van der Waals surface area contributed by atoms with E-state index >= 15 is 0 Å². The van der Waals surface area contributed by atoms with E-state index in [0.717, 1.165) is 12.1 Å². The second kappa shape index (κ2) is 5.04. The number of hydrogen-bond donors (Lipinski definition) is 1. The molecule has 3 rings (SSSR count). The summed E-state index contributed by atoms with van der Waals surface area (Å²) in [7, 11) is 0. The average Bonchev–Trinajstić information content (AvgIpc) is 3.00. The first-order valence-electron chi connectivity index (χ1n) is 6.41. The zero-order chi connectivity index (χ0) is 15.0. The van der Waals surface area contributed by atoms with Crippen molar-refractivity contribution in [1.82, 2.24) is 9.55 Å². The van der Waals surface area contributed by atoms with Crippen LogP contribution >= 0.6 is 0 Å². The number of aromatic nitrogens is 2. The topological polar surface area (TPSA) is 82.2 Å². The first kappa shape index (κ1) is 13.3. The van der Waals surface area contributed by atoms with Crippen LogP contribution in [0.1, 0.15) is 5.56 Å². The van der Waals surface area contributed by atoms with Crippen molar-refractivity contribution < 1.29 is 14.1 Å². The van der Waals surface area contributed by atoms with Gasteiger partial charge in [0.05, 0.1) is 18.0 Å². The standard InChI is InChI=1S/C13H13FN4O3/c1-8-10(14)2-3-11(18(19)20)12(8)16-6-9-7-17-5-4-15-13(17)21-9/h2-5,9,16H,6-7H2,1H3. The van der Waals surface area contributed by atoms with Gasteiger partial charge in [-0.15, -0.1) is 0 Å². The third-order valence-electron chi connectivity index (χ3n) is 3.43. The van der Waals surface area contributed by atoms with Crippen LogP contribution in [0.3, 0.4) is 0 Å². The summed E-state index contributed by atoms with van der Waals surface area (Å²) in [4.78, 5) is 14.5. The molecule has 2 heterocycles. The van der Waals surface area contributed by atoms with Crippen LogP contribution in [-0.2, 0) is 6.54 Å². The molecule has 0 saturated heterocycles. The van der Waals surface area contributed by atoms with Gasteiger partial charge in [-0.1, -0.05) is 0 Å². The first-order valence-corrected chi connectivity index (χ1v) is 6.41. The molecule has 0 fully saturated rings. The summed E-state index contributed by atoms with van der Waals surface area (Å²) in [6.45, 7) is 2.43. The Labute approximate surface area is 119 Å². The number of imidazole rings is 1. The van der Waals surface area contributed by atoms with E-state index in [-0.39, 0.29) is 23.0 Å². The molecular weight excluding hydrogens is 279 g/mol. The summed E-state index contributed by atoms with van der Waals surface area (Å²) in [6, 6.07) is 2.78. The van der Waals surface area contributed by atoms with Gasteiger partial charge in [-0.2, -0.15) is 0 Å². The van der Waals surface area contributed by atoms with Crippen LogP contribution < -0.4 is 10.1 Å². The van der Waals surface area contributed by atoms with Crippen molar-refractivity contribution in [3.05, 3.63) is 46.0 Å². The summed E-state index contributed by atoms with van der Waals surface area (Å²) in [5, 5.41) is 13.9. The Morgan fingerprint density at radius 1 is 1.62 bits per heavy atom. The predicted octanol–water partition coefficient (Wildman–Crippen LogP) is 2.11. The Morgan fingerprint density at radius 3 is 3.14 bits per heavy atom. The molecule has 1 N–H and O–H groups in total. The number of nitro groups is 1. The molecule has 110 valence electrons. The van der Waals surface area contributed by atoms with Crippen LogP contribution in [-0.4, -0.2) is 27.1 Å². The van der Waals surface area contributed by atoms with E-state index < -0.39 is 10.7 Å². The molecule has 21 heavy (non-hydrogen) atoms. The van der Waals surface area contributed by atoms with Crippen molar-refractivity contribution in [1.29, 1.82) is 0 Å². The lowest BCUT2D eigenvalue weighted by atomic mass is 10.1. The molecule has 0 spiro atoms. The molecule has 2 aromatic rings. The smallest absolute Gasteiger partial charge is 0.296 e. The minimum atomic E-state index is -0.532. The number of benzene rings is 1. The monoisotopic (exact) mass is 292 g/mol. The van der Waals surface area contributed by atoms with Crippen molar-refractivity contribution >= 4 is 11.4 Å². The minimum Gasteiger partial charge on any atom is -0.458 e. The molecule has 1 aromatic carbocycles. The number of hydrogen-bond acceptors (Lipinski definition) is 5. The molecule has 0 radical (unpaired) electrons. The van der Waals surface area contributed by atoms with E-state index in [1.54, 1.807) is 12.4 Å². The van der Waals surface area contributed by atoms with E-state index in [0.29, 0.717) is 19.1 Å². The predicted molar refractivity (Wildman–Crippen MR) is 72.9 cm³/mol. The third kappa shape index (κ3) is 2.39. The van der Waals surface area contributed by atoms with Gasteiger partial charge in [-0.05, 0) is 13.0 Å². The molecule has 0 saturated carbocycles. The quantitative estimate of drug-likeness (QED) is 0.689. The third-order valence-corrected chi connectivity index (χ3v) is 3.43. The van der Waals surface area contributed by atoms with E-state index in [1.165, 1.54) is 6.92 Å². The number of nitrogens with zero attached hydrogens (tertiary/aromatic N) is 3. The minimum absolute atomic E-state index is 0.148. The normalized spacial score (nSPS) is 16.4. The van der Waals surface area contributed by atoms with Gasteiger partial charge < -0.3 is 10.1 Å². The number of anilines is 1. The Bertz CT molecular complexity index is 680. The lowest BCUT2D eigenvalue weighted by molar-refractivity contribution is -0.384. The summed E-state index contributed by atoms with van der Waals surface area (Å²) in [5.41, 5.74) is 0.262. The average molecular weight is 292 g/mol. The Morgan fingerprint density at radius 2 is 2.43 bits per heavy atom. The van der Waals surface area contributed by atoms with Crippen LogP contribution in [0, 0.1) is 22.9 Å². The molecule has 7 nitrogen and oxygen atoms in total. The molecule has 1 aliphatic rings. The molecule has 1 aliphatic heterocycles. The molecule has 0 amide bonds. The van der Waals surface area contributed by atoms with Gasteiger partial charge in [0, 0.05) is 24.0 Å². The maximum absolute atomic E-state index is 13.6. The fourth-order valence-corrected chi connectivity index (χ4v) is 2.33. The summed E-state index contributed by atoms with van der Waals surface area (Å²) < 4.78 is 21.0. The van der Waals surface area contributed by atoms with Crippen molar-refractivity contribution in [3.63, 3.8) is 0 Å². The molecule has 1 unspecified atom stereocenters. The Hall–Kier alpha value is -2.64.